The first kappa shape index (κ1) is 15.8. The number of carboxylic acid groups (broad SMARTS) is 1. The number of aliphatic hydroxyl groups is 1. The lowest BCUT2D eigenvalue weighted by molar-refractivity contribution is -0.141. The normalized spacial score (nSPS) is 13.2. The maximum Gasteiger partial charge on any atom is 0.328 e. The third-order valence-electron chi connectivity index (χ3n) is 2.68. The number of carbonyl (C=O) groups excluding carboxylic acids is 1. The first-order valence-electron chi connectivity index (χ1n) is 6.07. The average Bonchev–Trinajstić information content (AvgIpc) is 2.35. The van der Waals surface area contributed by atoms with Crippen molar-refractivity contribution in [2.24, 2.45) is 0 Å². The Kier molecular flexibility index (Phi) is 5.33. The van der Waals surface area contributed by atoms with Crippen LogP contribution < -0.4 is 15.5 Å². The van der Waals surface area contributed by atoms with Gasteiger partial charge in [0.05, 0.1) is 6.10 Å². The lowest BCUT2D eigenvalue weighted by atomic mass is 10.2. The number of amides is 2. The van der Waals surface area contributed by atoms with Crippen molar-refractivity contribution >= 4 is 23.4 Å². The van der Waals surface area contributed by atoms with Gasteiger partial charge in [0.2, 0.25) is 0 Å². The third kappa shape index (κ3) is 4.43. The van der Waals surface area contributed by atoms with Crippen molar-refractivity contribution in [1.82, 2.24) is 5.32 Å². The molecule has 0 bridgehead atoms. The molecule has 0 fully saturated rings. The maximum atomic E-state index is 11.6. The molecule has 0 saturated carbocycles. The SMILES string of the molecule is CC(O)C(NC(=O)Nc1ccc(N(C)C)cc1)C(=O)O. The molecule has 1 rings (SSSR count). The summed E-state index contributed by atoms with van der Waals surface area (Å²) in [6.07, 6.45) is -1.19. The Bertz CT molecular complexity index is 471. The predicted molar refractivity (Wildman–Crippen MR) is 76.0 cm³/mol. The van der Waals surface area contributed by atoms with Crippen molar-refractivity contribution in [2.45, 2.75) is 19.1 Å². The molecule has 0 aliphatic carbocycles. The van der Waals surface area contributed by atoms with Gasteiger partial charge in [0.1, 0.15) is 0 Å². The second kappa shape index (κ2) is 6.76. The van der Waals surface area contributed by atoms with Crippen molar-refractivity contribution in [3.8, 4) is 0 Å². The Morgan fingerprint density at radius 2 is 1.75 bits per heavy atom. The van der Waals surface area contributed by atoms with Gasteiger partial charge in [-0.15, -0.1) is 0 Å². The molecule has 0 radical (unpaired) electrons. The van der Waals surface area contributed by atoms with Gasteiger partial charge in [-0.1, -0.05) is 0 Å². The van der Waals surface area contributed by atoms with Gasteiger partial charge in [0.25, 0.3) is 0 Å². The summed E-state index contributed by atoms with van der Waals surface area (Å²) >= 11 is 0. The number of rotatable bonds is 5. The van der Waals surface area contributed by atoms with Crippen LogP contribution in [0.15, 0.2) is 24.3 Å². The predicted octanol–water partition coefficient (Wildman–Crippen LogP) is 0.708. The minimum Gasteiger partial charge on any atom is -0.480 e. The minimum absolute atomic E-state index is 0.530. The Morgan fingerprint density at radius 3 is 2.15 bits per heavy atom. The Hall–Kier alpha value is -2.28. The number of hydrogen-bond donors (Lipinski definition) is 4. The summed E-state index contributed by atoms with van der Waals surface area (Å²) in [6.45, 7) is 1.30. The van der Waals surface area contributed by atoms with E-state index in [9.17, 15) is 14.7 Å². The Balaban J connectivity index is 2.64. The molecule has 2 atom stereocenters. The fourth-order valence-corrected chi connectivity index (χ4v) is 1.54. The quantitative estimate of drug-likeness (QED) is 0.636. The lowest BCUT2D eigenvalue weighted by Gasteiger charge is -2.18. The van der Waals surface area contributed by atoms with E-state index in [-0.39, 0.29) is 0 Å². The van der Waals surface area contributed by atoms with Gasteiger partial charge in [-0.25, -0.2) is 9.59 Å². The lowest BCUT2D eigenvalue weighted by Crippen LogP contribution is -2.49. The molecule has 0 saturated heterocycles. The molecule has 1 aromatic rings. The number of benzene rings is 1. The molecule has 20 heavy (non-hydrogen) atoms. The number of nitrogens with zero attached hydrogens (tertiary/aromatic N) is 1. The smallest absolute Gasteiger partial charge is 0.328 e. The van der Waals surface area contributed by atoms with Gasteiger partial charge >= 0.3 is 12.0 Å². The van der Waals surface area contributed by atoms with Crippen LogP contribution in [0.2, 0.25) is 0 Å². The molecule has 7 heteroatoms. The number of hydrogen-bond acceptors (Lipinski definition) is 4. The first-order chi connectivity index (χ1) is 9.31. The molecule has 0 aromatic heterocycles. The number of aliphatic hydroxyl groups excluding tert-OH is 1. The van der Waals surface area contributed by atoms with E-state index in [1.807, 2.05) is 31.1 Å². The summed E-state index contributed by atoms with van der Waals surface area (Å²) in [5.41, 5.74) is 1.51. The van der Waals surface area contributed by atoms with Crippen molar-refractivity contribution < 1.29 is 19.8 Å². The van der Waals surface area contributed by atoms with Gasteiger partial charge in [0.15, 0.2) is 6.04 Å². The van der Waals surface area contributed by atoms with E-state index >= 15 is 0 Å². The van der Waals surface area contributed by atoms with Crippen LogP contribution in [0.4, 0.5) is 16.2 Å². The standard InChI is InChI=1S/C13H19N3O4/c1-8(17)11(12(18)19)15-13(20)14-9-4-6-10(7-5-9)16(2)3/h4-8,11,17H,1-3H3,(H,18,19)(H2,14,15,20). The number of aliphatic carboxylic acids is 1. The summed E-state index contributed by atoms with van der Waals surface area (Å²) in [5.74, 6) is -1.29. The molecule has 2 amide bonds. The van der Waals surface area contributed by atoms with Crippen LogP contribution in [-0.2, 0) is 4.79 Å². The summed E-state index contributed by atoms with van der Waals surface area (Å²) in [4.78, 5) is 24.4. The highest BCUT2D eigenvalue weighted by atomic mass is 16.4. The highest BCUT2D eigenvalue weighted by Gasteiger charge is 2.24. The fraction of sp³-hybridized carbons (Fsp3) is 0.385. The third-order valence-corrected chi connectivity index (χ3v) is 2.68. The zero-order chi connectivity index (χ0) is 15.3. The van der Waals surface area contributed by atoms with Crippen molar-refractivity contribution in [3.05, 3.63) is 24.3 Å². The molecule has 4 N–H and O–H groups in total. The minimum atomic E-state index is -1.35. The summed E-state index contributed by atoms with van der Waals surface area (Å²) in [5, 5.41) is 22.8. The van der Waals surface area contributed by atoms with E-state index in [1.54, 1.807) is 12.1 Å². The van der Waals surface area contributed by atoms with E-state index in [2.05, 4.69) is 10.6 Å². The van der Waals surface area contributed by atoms with Crippen LogP contribution in [0.3, 0.4) is 0 Å². The van der Waals surface area contributed by atoms with Crippen LogP contribution in [0, 0.1) is 0 Å². The molecule has 0 heterocycles. The van der Waals surface area contributed by atoms with Gasteiger partial charge in [-0.3, -0.25) is 0 Å². The second-order valence-corrected chi connectivity index (χ2v) is 4.60. The summed E-state index contributed by atoms with van der Waals surface area (Å²) < 4.78 is 0. The fourth-order valence-electron chi connectivity index (χ4n) is 1.54. The van der Waals surface area contributed by atoms with E-state index in [1.165, 1.54) is 6.92 Å². The highest BCUT2D eigenvalue weighted by Crippen LogP contribution is 2.15. The molecule has 0 aliphatic heterocycles. The molecule has 0 spiro atoms. The first-order valence-corrected chi connectivity index (χ1v) is 6.07. The summed E-state index contributed by atoms with van der Waals surface area (Å²) in [6, 6.07) is 5.00. The van der Waals surface area contributed by atoms with Crippen LogP contribution in [0.5, 0.6) is 0 Å². The topological polar surface area (TPSA) is 102 Å². The molecular formula is C13H19N3O4. The molecule has 2 unspecified atom stereocenters. The average molecular weight is 281 g/mol. The maximum absolute atomic E-state index is 11.6. The highest BCUT2D eigenvalue weighted by molar-refractivity contribution is 5.92. The Morgan fingerprint density at radius 1 is 1.20 bits per heavy atom. The van der Waals surface area contributed by atoms with Crippen LogP contribution in [0.25, 0.3) is 0 Å². The van der Waals surface area contributed by atoms with E-state index in [4.69, 9.17) is 5.11 Å². The van der Waals surface area contributed by atoms with Crippen LogP contribution in [-0.4, -0.2) is 48.5 Å². The molecule has 0 aliphatic rings. The van der Waals surface area contributed by atoms with Crippen molar-refractivity contribution in [1.29, 1.82) is 0 Å². The van der Waals surface area contributed by atoms with Crippen LogP contribution in [0.1, 0.15) is 6.92 Å². The Labute approximate surface area is 117 Å². The monoisotopic (exact) mass is 281 g/mol. The van der Waals surface area contributed by atoms with E-state index in [0.29, 0.717) is 5.69 Å². The molecule has 1 aromatic carbocycles. The number of urea groups is 1. The van der Waals surface area contributed by atoms with Crippen molar-refractivity contribution in [3.63, 3.8) is 0 Å². The van der Waals surface area contributed by atoms with Crippen LogP contribution >= 0.6 is 0 Å². The molecule has 110 valence electrons. The van der Waals surface area contributed by atoms with Crippen molar-refractivity contribution in [2.75, 3.05) is 24.3 Å². The second-order valence-electron chi connectivity index (χ2n) is 4.60. The van der Waals surface area contributed by atoms with Gasteiger partial charge in [-0.05, 0) is 31.2 Å². The number of anilines is 2. The van der Waals surface area contributed by atoms with E-state index in [0.717, 1.165) is 5.69 Å². The number of carboxylic acids is 1. The van der Waals surface area contributed by atoms with Gasteiger partial charge in [-0.2, -0.15) is 0 Å². The molecule has 7 nitrogen and oxygen atoms in total. The zero-order valence-electron chi connectivity index (χ0n) is 11.6. The largest absolute Gasteiger partial charge is 0.480 e. The number of carbonyl (C=O) groups is 2. The van der Waals surface area contributed by atoms with E-state index < -0.39 is 24.1 Å². The zero-order valence-corrected chi connectivity index (χ0v) is 11.6. The van der Waals surface area contributed by atoms with Gasteiger partial charge in [0, 0.05) is 25.5 Å². The number of nitrogens with one attached hydrogen (secondary N) is 2. The molecular weight excluding hydrogens is 262 g/mol. The summed E-state index contributed by atoms with van der Waals surface area (Å²) in [7, 11) is 3.80. The van der Waals surface area contributed by atoms with Gasteiger partial charge < -0.3 is 25.7 Å².